The Morgan fingerprint density at radius 1 is 1.30 bits per heavy atom. The molecule has 1 aliphatic rings. The van der Waals surface area contributed by atoms with Crippen LogP contribution in [0, 0.1) is 0 Å². The molecular formula is C15H22Cl2O2Si. The Balaban J connectivity index is 2.11. The standard InChI is InChI=1S/C15H22Cl2O2Si/c1-4-5-6-9-15(2)18-11-12-10-13(20(3,16)17)7-8-14(12)19-15/h7-8,10H,4-6,9,11H2,1-3H3. The number of halogens is 2. The van der Waals surface area contributed by atoms with Crippen molar-refractivity contribution < 1.29 is 9.47 Å². The van der Waals surface area contributed by atoms with Crippen molar-refractivity contribution in [1.29, 1.82) is 0 Å². The first-order chi connectivity index (χ1) is 9.34. The maximum absolute atomic E-state index is 6.26. The summed E-state index contributed by atoms with van der Waals surface area (Å²) in [6, 6.07) is 5.97. The molecule has 1 atom stereocenters. The average Bonchev–Trinajstić information content (AvgIpc) is 2.37. The molecule has 1 unspecified atom stereocenters. The Hall–Kier alpha value is -0.223. The Labute approximate surface area is 131 Å². The molecule has 0 amide bonds. The first-order valence-corrected chi connectivity index (χ1v) is 11.7. The Morgan fingerprint density at radius 3 is 2.70 bits per heavy atom. The van der Waals surface area contributed by atoms with Gasteiger partial charge in [-0.3, -0.25) is 0 Å². The lowest BCUT2D eigenvalue weighted by molar-refractivity contribution is -0.198. The lowest BCUT2D eigenvalue weighted by atomic mass is 10.1. The third-order valence-electron chi connectivity index (χ3n) is 3.66. The molecule has 1 heterocycles. The third kappa shape index (κ3) is 3.91. The summed E-state index contributed by atoms with van der Waals surface area (Å²) in [5.74, 6) is 0.386. The van der Waals surface area contributed by atoms with E-state index in [9.17, 15) is 0 Å². The van der Waals surface area contributed by atoms with Gasteiger partial charge in [-0.25, -0.2) is 0 Å². The highest BCUT2D eigenvalue weighted by Crippen LogP contribution is 2.34. The van der Waals surface area contributed by atoms with Gasteiger partial charge in [-0.05, 0) is 24.2 Å². The van der Waals surface area contributed by atoms with Gasteiger partial charge in [0.25, 0.3) is 6.69 Å². The largest absolute Gasteiger partial charge is 0.462 e. The number of fused-ring (bicyclic) bond motifs is 1. The molecule has 0 aromatic heterocycles. The summed E-state index contributed by atoms with van der Waals surface area (Å²) >= 11 is 12.5. The number of rotatable bonds is 5. The Kier molecular flexibility index (Phi) is 5.06. The molecule has 0 radical (unpaired) electrons. The van der Waals surface area contributed by atoms with E-state index in [0.717, 1.165) is 29.3 Å². The van der Waals surface area contributed by atoms with Crippen LogP contribution in [0.4, 0.5) is 0 Å². The molecule has 0 aliphatic carbocycles. The van der Waals surface area contributed by atoms with E-state index >= 15 is 0 Å². The van der Waals surface area contributed by atoms with Crippen molar-refractivity contribution in [3.8, 4) is 5.75 Å². The fraction of sp³-hybridized carbons (Fsp3) is 0.600. The molecule has 0 spiro atoms. The van der Waals surface area contributed by atoms with Crippen LogP contribution in [0.1, 0.15) is 45.1 Å². The van der Waals surface area contributed by atoms with E-state index in [0.29, 0.717) is 6.61 Å². The zero-order valence-electron chi connectivity index (χ0n) is 12.3. The second-order valence-electron chi connectivity index (χ2n) is 5.69. The van der Waals surface area contributed by atoms with E-state index in [1.54, 1.807) is 0 Å². The maximum Gasteiger partial charge on any atom is 0.277 e. The molecule has 5 heteroatoms. The van der Waals surface area contributed by atoms with Crippen LogP contribution in [0.25, 0.3) is 0 Å². The molecule has 0 fully saturated rings. The summed E-state index contributed by atoms with van der Waals surface area (Å²) in [6.07, 6.45) is 4.44. The van der Waals surface area contributed by atoms with Crippen molar-refractivity contribution in [2.24, 2.45) is 0 Å². The van der Waals surface area contributed by atoms with E-state index < -0.39 is 12.5 Å². The fourth-order valence-corrected chi connectivity index (χ4v) is 3.89. The minimum Gasteiger partial charge on any atom is -0.462 e. The highest BCUT2D eigenvalue weighted by molar-refractivity contribution is 7.50. The van der Waals surface area contributed by atoms with Gasteiger partial charge in [0.05, 0.1) is 6.61 Å². The van der Waals surface area contributed by atoms with Gasteiger partial charge in [-0.2, -0.15) is 0 Å². The van der Waals surface area contributed by atoms with Crippen molar-refractivity contribution in [1.82, 2.24) is 0 Å². The van der Waals surface area contributed by atoms with Gasteiger partial charge < -0.3 is 9.47 Å². The highest BCUT2D eigenvalue weighted by Gasteiger charge is 2.33. The molecule has 20 heavy (non-hydrogen) atoms. The average molecular weight is 333 g/mol. The van der Waals surface area contributed by atoms with Crippen LogP contribution in [-0.4, -0.2) is 12.5 Å². The number of hydrogen-bond donors (Lipinski definition) is 0. The van der Waals surface area contributed by atoms with Crippen molar-refractivity contribution >= 4 is 34.0 Å². The van der Waals surface area contributed by atoms with E-state index in [4.69, 9.17) is 31.6 Å². The summed E-state index contributed by atoms with van der Waals surface area (Å²) in [4.78, 5) is 0. The Bertz CT molecular complexity index is 473. The molecule has 1 aromatic carbocycles. The molecule has 0 bridgehead atoms. The molecule has 0 N–H and O–H groups in total. The van der Waals surface area contributed by atoms with Crippen molar-refractivity contribution in [2.75, 3.05) is 0 Å². The van der Waals surface area contributed by atoms with Crippen molar-refractivity contribution in [3.05, 3.63) is 23.8 Å². The highest BCUT2D eigenvalue weighted by atomic mass is 35.7. The van der Waals surface area contributed by atoms with E-state index in [2.05, 4.69) is 6.92 Å². The number of hydrogen-bond acceptors (Lipinski definition) is 2. The Morgan fingerprint density at radius 2 is 2.05 bits per heavy atom. The normalized spacial score (nSPS) is 22.2. The lowest BCUT2D eigenvalue weighted by Crippen LogP contribution is -2.40. The molecular weight excluding hydrogens is 311 g/mol. The van der Waals surface area contributed by atoms with Crippen molar-refractivity contribution in [3.63, 3.8) is 0 Å². The van der Waals surface area contributed by atoms with Gasteiger partial charge in [0.2, 0.25) is 5.79 Å². The molecule has 112 valence electrons. The number of unbranched alkanes of at least 4 members (excludes halogenated alkanes) is 2. The monoisotopic (exact) mass is 332 g/mol. The minimum absolute atomic E-state index is 0.508. The molecule has 1 aliphatic heterocycles. The summed E-state index contributed by atoms with van der Waals surface area (Å²) in [5.41, 5.74) is 1.04. The van der Waals surface area contributed by atoms with Crippen molar-refractivity contribution in [2.45, 2.75) is 58.5 Å². The van der Waals surface area contributed by atoms with Crippen LogP contribution < -0.4 is 9.92 Å². The fourth-order valence-electron chi connectivity index (χ4n) is 2.38. The van der Waals surface area contributed by atoms with Crippen LogP contribution in [0.3, 0.4) is 0 Å². The van der Waals surface area contributed by atoms with E-state index in [-0.39, 0.29) is 0 Å². The van der Waals surface area contributed by atoms with Gasteiger partial charge in [0.1, 0.15) is 5.75 Å². The smallest absolute Gasteiger partial charge is 0.277 e. The molecule has 1 aromatic rings. The zero-order valence-corrected chi connectivity index (χ0v) is 14.9. The topological polar surface area (TPSA) is 18.5 Å². The molecule has 0 saturated heterocycles. The predicted molar refractivity (Wildman–Crippen MR) is 87.4 cm³/mol. The molecule has 2 rings (SSSR count). The van der Waals surface area contributed by atoms with Crippen LogP contribution >= 0.6 is 22.2 Å². The van der Waals surface area contributed by atoms with Gasteiger partial charge >= 0.3 is 0 Å². The van der Waals surface area contributed by atoms with Crippen LogP contribution in [0.5, 0.6) is 5.75 Å². The zero-order chi connectivity index (χ0) is 14.8. The van der Waals surface area contributed by atoms with Gasteiger partial charge in [-0.15, -0.1) is 22.2 Å². The third-order valence-corrected chi connectivity index (χ3v) is 6.29. The second-order valence-corrected chi connectivity index (χ2v) is 13.2. The van der Waals surface area contributed by atoms with Gasteiger partial charge in [0, 0.05) is 18.9 Å². The van der Waals surface area contributed by atoms with Crippen LogP contribution in [0.15, 0.2) is 18.2 Å². The maximum atomic E-state index is 6.26. The lowest BCUT2D eigenvalue weighted by Gasteiger charge is -2.36. The van der Waals surface area contributed by atoms with E-state index in [1.165, 1.54) is 12.8 Å². The second kappa shape index (κ2) is 6.26. The first kappa shape index (κ1) is 16.2. The van der Waals surface area contributed by atoms with Crippen LogP contribution in [-0.2, 0) is 11.3 Å². The summed E-state index contributed by atoms with van der Waals surface area (Å²) < 4.78 is 12.0. The van der Waals surface area contributed by atoms with Crippen LogP contribution in [0.2, 0.25) is 6.55 Å². The number of benzene rings is 1. The minimum atomic E-state index is -2.32. The number of ether oxygens (including phenoxy) is 2. The van der Waals surface area contributed by atoms with Gasteiger partial charge in [-0.1, -0.05) is 31.9 Å². The molecule has 0 saturated carbocycles. The van der Waals surface area contributed by atoms with E-state index in [1.807, 2.05) is 31.7 Å². The van der Waals surface area contributed by atoms with Gasteiger partial charge in [0.15, 0.2) is 0 Å². The summed E-state index contributed by atoms with van der Waals surface area (Å²) in [6.45, 7) is 4.35. The molecule has 2 nitrogen and oxygen atoms in total. The summed E-state index contributed by atoms with van der Waals surface area (Å²) in [7, 11) is 0. The quantitative estimate of drug-likeness (QED) is 0.444. The predicted octanol–water partition coefficient (Wildman–Crippen LogP) is 4.65. The SMILES string of the molecule is CCCCCC1(C)OCc2cc([Si](C)(Cl)Cl)ccc2O1. The first-order valence-electron chi connectivity index (χ1n) is 7.18. The summed E-state index contributed by atoms with van der Waals surface area (Å²) in [5, 5.41) is 1.00.